The van der Waals surface area contributed by atoms with Crippen LogP contribution >= 0.6 is 0 Å². The van der Waals surface area contributed by atoms with Gasteiger partial charge in [-0.2, -0.15) is 0 Å². The van der Waals surface area contributed by atoms with E-state index in [0.717, 1.165) is 0 Å². The number of aldehydes is 1. The van der Waals surface area contributed by atoms with Gasteiger partial charge < -0.3 is 30.4 Å². The molecule has 0 unspecified atom stereocenters. The Hall–Kier alpha value is -2.16. The van der Waals surface area contributed by atoms with Gasteiger partial charge in [0.05, 0.1) is 12.2 Å². The Morgan fingerprint density at radius 1 is 1.18 bits per heavy atom. The number of urea groups is 1. The molecule has 22 heavy (non-hydrogen) atoms. The second-order valence-electron chi connectivity index (χ2n) is 5.61. The van der Waals surface area contributed by atoms with Crippen LogP contribution in [0, 0.1) is 0 Å². The number of nitrogens with one attached hydrogen (secondary N) is 2. The third-order valence-corrected chi connectivity index (χ3v) is 2.43. The summed E-state index contributed by atoms with van der Waals surface area (Å²) in [6.45, 7) is 5.27. The fourth-order valence-electron chi connectivity index (χ4n) is 1.35. The summed E-state index contributed by atoms with van der Waals surface area (Å²) in [5, 5.41) is 21.8. The lowest BCUT2D eigenvalue weighted by molar-refractivity contribution is -0.140. The van der Waals surface area contributed by atoms with Gasteiger partial charge in [-0.15, -0.1) is 0 Å². The van der Waals surface area contributed by atoms with Crippen LogP contribution in [0.4, 0.5) is 4.79 Å². The van der Waals surface area contributed by atoms with Crippen LogP contribution < -0.4 is 10.6 Å². The minimum atomic E-state index is -1.36. The Morgan fingerprint density at radius 3 is 2.18 bits per heavy atom. The van der Waals surface area contributed by atoms with Crippen molar-refractivity contribution in [1.82, 2.24) is 10.6 Å². The molecule has 0 spiro atoms. The smallest absolute Gasteiger partial charge is 0.326 e. The van der Waals surface area contributed by atoms with Crippen LogP contribution in [0.15, 0.2) is 0 Å². The van der Waals surface area contributed by atoms with Gasteiger partial charge in [0.2, 0.25) is 0 Å². The molecule has 0 aromatic heterocycles. The van der Waals surface area contributed by atoms with E-state index < -0.39 is 42.1 Å². The van der Waals surface area contributed by atoms with E-state index in [2.05, 4.69) is 10.6 Å². The first-order chi connectivity index (χ1) is 10.0. The lowest BCUT2D eigenvalue weighted by atomic mass is 10.1. The molecule has 4 N–H and O–H groups in total. The third kappa shape index (κ3) is 9.70. The highest BCUT2D eigenvalue weighted by Crippen LogP contribution is 2.06. The lowest BCUT2D eigenvalue weighted by Crippen LogP contribution is -2.51. The van der Waals surface area contributed by atoms with E-state index >= 15 is 0 Å². The summed E-state index contributed by atoms with van der Waals surface area (Å²) in [6.07, 6.45) is -0.192. The van der Waals surface area contributed by atoms with Gasteiger partial charge in [0, 0.05) is 6.42 Å². The Bertz CT molecular complexity index is 417. The molecule has 0 saturated heterocycles. The van der Waals surface area contributed by atoms with E-state index in [-0.39, 0.29) is 13.0 Å². The van der Waals surface area contributed by atoms with E-state index in [1.165, 1.54) is 0 Å². The molecule has 9 heteroatoms. The summed E-state index contributed by atoms with van der Waals surface area (Å²) >= 11 is 0. The van der Waals surface area contributed by atoms with Crippen molar-refractivity contribution in [2.75, 3.05) is 6.61 Å². The van der Waals surface area contributed by atoms with E-state index in [1.54, 1.807) is 20.8 Å². The molecule has 0 fully saturated rings. The number of carboxylic acids is 2. The predicted octanol–water partition coefficient (Wildman–Crippen LogP) is -0.0138. The number of hydrogen-bond acceptors (Lipinski definition) is 5. The fourth-order valence-corrected chi connectivity index (χ4v) is 1.35. The second kappa shape index (κ2) is 8.98. The maximum absolute atomic E-state index is 11.6. The third-order valence-electron chi connectivity index (χ3n) is 2.43. The van der Waals surface area contributed by atoms with Crippen LogP contribution in [0.1, 0.15) is 33.6 Å². The topological polar surface area (TPSA) is 142 Å². The number of aliphatic carboxylic acids is 2. The Balaban J connectivity index is 4.44. The fraction of sp³-hybridized carbons (Fsp3) is 0.692. The average Bonchev–Trinajstić information content (AvgIpc) is 2.37. The van der Waals surface area contributed by atoms with Crippen molar-refractivity contribution in [3.63, 3.8) is 0 Å². The molecule has 0 aliphatic carbocycles. The first kappa shape index (κ1) is 19.8. The zero-order valence-corrected chi connectivity index (χ0v) is 12.8. The van der Waals surface area contributed by atoms with Gasteiger partial charge in [0.25, 0.3) is 0 Å². The molecule has 0 bridgehead atoms. The van der Waals surface area contributed by atoms with Crippen LogP contribution in [0.3, 0.4) is 0 Å². The Morgan fingerprint density at radius 2 is 1.77 bits per heavy atom. The highest BCUT2D eigenvalue weighted by molar-refractivity contribution is 5.84. The first-order valence-electron chi connectivity index (χ1n) is 6.66. The van der Waals surface area contributed by atoms with E-state index in [1.807, 2.05) is 0 Å². The van der Waals surface area contributed by atoms with Gasteiger partial charge in [-0.3, -0.25) is 4.79 Å². The van der Waals surface area contributed by atoms with Crippen LogP contribution in [-0.2, 0) is 19.1 Å². The molecule has 2 amide bonds. The zero-order chi connectivity index (χ0) is 17.3. The van der Waals surface area contributed by atoms with Crippen molar-refractivity contribution in [2.24, 2.45) is 0 Å². The molecular formula is C13H22N2O7. The maximum Gasteiger partial charge on any atom is 0.326 e. The normalized spacial score (nSPS) is 13.8. The molecule has 0 saturated carbocycles. The van der Waals surface area contributed by atoms with Gasteiger partial charge in [-0.25, -0.2) is 9.59 Å². The van der Waals surface area contributed by atoms with E-state index in [9.17, 15) is 19.2 Å². The van der Waals surface area contributed by atoms with Crippen molar-refractivity contribution < 1.29 is 34.1 Å². The average molecular weight is 318 g/mol. The summed E-state index contributed by atoms with van der Waals surface area (Å²) in [5.41, 5.74) is -0.496. The molecular weight excluding hydrogens is 296 g/mol. The van der Waals surface area contributed by atoms with Gasteiger partial charge >= 0.3 is 18.0 Å². The number of ether oxygens (including phenoxy) is 1. The van der Waals surface area contributed by atoms with Gasteiger partial charge in [-0.05, 0) is 27.2 Å². The quantitative estimate of drug-likeness (QED) is 0.438. The molecule has 0 aliphatic heterocycles. The number of rotatable bonds is 9. The van der Waals surface area contributed by atoms with Crippen LogP contribution in [0.2, 0.25) is 0 Å². The molecule has 2 atom stereocenters. The van der Waals surface area contributed by atoms with Gasteiger partial charge in [-0.1, -0.05) is 0 Å². The number of carbonyl (C=O) groups excluding carboxylic acids is 2. The molecule has 0 aliphatic rings. The predicted molar refractivity (Wildman–Crippen MR) is 75.5 cm³/mol. The molecule has 9 nitrogen and oxygen atoms in total. The van der Waals surface area contributed by atoms with Gasteiger partial charge in [0.15, 0.2) is 0 Å². The highest BCUT2D eigenvalue weighted by atomic mass is 16.5. The molecule has 0 aromatic rings. The Labute approximate surface area is 128 Å². The number of carbonyl (C=O) groups is 4. The second-order valence-corrected chi connectivity index (χ2v) is 5.61. The summed E-state index contributed by atoms with van der Waals surface area (Å²) in [6, 6.07) is -3.17. The van der Waals surface area contributed by atoms with E-state index in [0.29, 0.717) is 6.29 Å². The van der Waals surface area contributed by atoms with Crippen molar-refractivity contribution in [3.05, 3.63) is 0 Å². The molecule has 0 heterocycles. The standard InChI is InChI=1S/C13H22N2O7/c1-13(2,3)22-7-8(6-16)14-12(21)15-9(11(19)20)4-5-10(17)18/h6,8-9H,4-5,7H2,1-3H3,(H,17,18)(H,19,20)(H2,14,15,21)/t8-,9+/m1/s1. The Kier molecular flexibility index (Phi) is 8.10. The molecule has 126 valence electrons. The van der Waals surface area contributed by atoms with Crippen molar-refractivity contribution in [1.29, 1.82) is 0 Å². The van der Waals surface area contributed by atoms with Crippen LogP contribution in [-0.4, -0.2) is 58.8 Å². The number of amides is 2. The van der Waals surface area contributed by atoms with Crippen molar-refractivity contribution in [3.8, 4) is 0 Å². The van der Waals surface area contributed by atoms with Crippen LogP contribution in [0.5, 0.6) is 0 Å². The summed E-state index contributed by atoms with van der Waals surface area (Å²) in [4.78, 5) is 43.9. The van der Waals surface area contributed by atoms with E-state index in [4.69, 9.17) is 14.9 Å². The summed E-state index contributed by atoms with van der Waals surface area (Å²) in [5.74, 6) is -2.53. The molecule has 0 rings (SSSR count). The zero-order valence-electron chi connectivity index (χ0n) is 12.8. The number of hydrogen-bond donors (Lipinski definition) is 4. The maximum atomic E-state index is 11.6. The van der Waals surface area contributed by atoms with Crippen molar-refractivity contribution >= 4 is 24.3 Å². The number of carboxylic acid groups (broad SMARTS) is 2. The lowest BCUT2D eigenvalue weighted by Gasteiger charge is -2.23. The minimum Gasteiger partial charge on any atom is -0.481 e. The van der Waals surface area contributed by atoms with Gasteiger partial charge in [0.1, 0.15) is 18.4 Å². The first-order valence-corrected chi connectivity index (χ1v) is 6.66. The highest BCUT2D eigenvalue weighted by Gasteiger charge is 2.23. The van der Waals surface area contributed by atoms with Crippen molar-refractivity contribution in [2.45, 2.75) is 51.3 Å². The molecule has 0 aromatic carbocycles. The SMILES string of the molecule is CC(C)(C)OC[C@@H](C=O)NC(=O)N[C@@H](CCC(=O)O)C(=O)O. The monoisotopic (exact) mass is 318 g/mol. The molecule has 0 radical (unpaired) electrons. The minimum absolute atomic E-state index is 0.0622. The largest absolute Gasteiger partial charge is 0.481 e. The summed E-state index contributed by atoms with van der Waals surface area (Å²) < 4.78 is 5.35. The van der Waals surface area contributed by atoms with Crippen LogP contribution in [0.25, 0.3) is 0 Å². The summed E-state index contributed by atoms with van der Waals surface area (Å²) in [7, 11) is 0.